The van der Waals surface area contributed by atoms with Gasteiger partial charge < -0.3 is 11.1 Å². The van der Waals surface area contributed by atoms with Crippen molar-refractivity contribution in [2.75, 3.05) is 12.3 Å². The van der Waals surface area contributed by atoms with Gasteiger partial charge in [-0.05, 0) is 6.92 Å². The van der Waals surface area contributed by atoms with E-state index in [0.717, 1.165) is 12.1 Å². The molecule has 90 valence electrons. The monoisotopic (exact) mass is 268 g/mol. The number of nitrogens with zero attached hydrogens (tertiary/aromatic N) is 2. The first-order valence-corrected chi connectivity index (χ1v) is 6.81. The fourth-order valence-electron chi connectivity index (χ4n) is 1.37. The number of nitrogen functional groups attached to an aromatic ring is 1. The van der Waals surface area contributed by atoms with Crippen LogP contribution in [0.15, 0.2) is 10.9 Å². The van der Waals surface area contributed by atoms with Gasteiger partial charge in [0.25, 0.3) is 5.91 Å². The Labute approximate surface area is 107 Å². The van der Waals surface area contributed by atoms with Crippen LogP contribution in [-0.4, -0.2) is 22.4 Å². The highest BCUT2D eigenvalue weighted by Gasteiger charge is 2.13. The number of nitrogens with one attached hydrogen (secondary N) is 1. The number of aromatic nitrogens is 2. The van der Waals surface area contributed by atoms with Crippen LogP contribution in [0, 0.1) is 6.92 Å². The van der Waals surface area contributed by atoms with Gasteiger partial charge in [-0.1, -0.05) is 11.3 Å². The van der Waals surface area contributed by atoms with E-state index in [-0.39, 0.29) is 5.91 Å². The molecule has 0 aliphatic carbocycles. The third-order valence-electron chi connectivity index (χ3n) is 2.17. The second kappa shape index (κ2) is 5.24. The largest absolute Gasteiger partial charge is 0.375 e. The quantitative estimate of drug-likeness (QED) is 0.879. The predicted octanol–water partition coefficient (Wildman–Crippen LogP) is 1.46. The standard InChI is InChI=1S/C10H12N4OS2/c1-6-8(17-10(11)14-6)9(15)12-3-2-7-4-16-5-13-7/h4-5H,2-3H2,1H3,(H2,11,14)(H,12,15). The van der Waals surface area contributed by atoms with E-state index in [1.54, 1.807) is 23.8 Å². The average molecular weight is 268 g/mol. The van der Waals surface area contributed by atoms with Crippen molar-refractivity contribution in [3.05, 3.63) is 27.2 Å². The zero-order valence-corrected chi connectivity index (χ0v) is 10.9. The van der Waals surface area contributed by atoms with Crippen molar-refractivity contribution in [3.63, 3.8) is 0 Å². The van der Waals surface area contributed by atoms with Crippen molar-refractivity contribution in [2.45, 2.75) is 13.3 Å². The zero-order valence-electron chi connectivity index (χ0n) is 9.27. The first-order valence-electron chi connectivity index (χ1n) is 5.05. The van der Waals surface area contributed by atoms with E-state index in [0.29, 0.717) is 22.2 Å². The second-order valence-corrected chi connectivity index (χ2v) is 5.20. The molecule has 0 atom stereocenters. The minimum Gasteiger partial charge on any atom is -0.375 e. The molecule has 0 fully saturated rings. The van der Waals surface area contributed by atoms with E-state index in [1.807, 2.05) is 5.38 Å². The summed E-state index contributed by atoms with van der Waals surface area (Å²) >= 11 is 2.76. The summed E-state index contributed by atoms with van der Waals surface area (Å²) in [5.74, 6) is -0.119. The van der Waals surface area contributed by atoms with Gasteiger partial charge in [-0.2, -0.15) is 0 Å². The van der Waals surface area contributed by atoms with E-state index in [4.69, 9.17) is 5.73 Å². The maximum atomic E-state index is 11.8. The molecule has 1 amide bonds. The van der Waals surface area contributed by atoms with E-state index < -0.39 is 0 Å². The number of hydrogen-bond donors (Lipinski definition) is 2. The number of amides is 1. The molecule has 17 heavy (non-hydrogen) atoms. The van der Waals surface area contributed by atoms with Gasteiger partial charge in [-0.3, -0.25) is 4.79 Å². The molecule has 5 nitrogen and oxygen atoms in total. The van der Waals surface area contributed by atoms with Gasteiger partial charge in [0.2, 0.25) is 0 Å². The van der Waals surface area contributed by atoms with E-state index in [9.17, 15) is 4.79 Å². The molecule has 0 aliphatic rings. The van der Waals surface area contributed by atoms with Gasteiger partial charge in [0.1, 0.15) is 4.88 Å². The van der Waals surface area contributed by atoms with Gasteiger partial charge in [0.15, 0.2) is 5.13 Å². The number of carbonyl (C=O) groups is 1. The number of thiazole rings is 2. The van der Waals surface area contributed by atoms with Crippen LogP contribution in [-0.2, 0) is 6.42 Å². The van der Waals surface area contributed by atoms with Crippen LogP contribution in [0.1, 0.15) is 21.1 Å². The maximum absolute atomic E-state index is 11.8. The Hall–Kier alpha value is -1.47. The number of nitrogens with two attached hydrogens (primary N) is 1. The molecular formula is C10H12N4OS2. The molecule has 0 saturated carbocycles. The lowest BCUT2D eigenvalue weighted by Gasteiger charge is -2.02. The maximum Gasteiger partial charge on any atom is 0.263 e. The Morgan fingerprint density at radius 1 is 1.59 bits per heavy atom. The summed E-state index contributed by atoms with van der Waals surface area (Å²) in [7, 11) is 0. The smallest absolute Gasteiger partial charge is 0.263 e. The Kier molecular flexibility index (Phi) is 3.70. The Balaban J connectivity index is 1.87. The average Bonchev–Trinajstić information content (AvgIpc) is 2.88. The highest BCUT2D eigenvalue weighted by atomic mass is 32.1. The number of anilines is 1. The molecule has 2 rings (SSSR count). The lowest BCUT2D eigenvalue weighted by molar-refractivity contribution is 0.0957. The molecule has 0 saturated heterocycles. The van der Waals surface area contributed by atoms with Crippen molar-refractivity contribution in [3.8, 4) is 0 Å². The molecule has 0 aliphatic heterocycles. The summed E-state index contributed by atoms with van der Waals surface area (Å²) in [5.41, 5.74) is 9.00. The Bertz CT molecular complexity index is 506. The second-order valence-electron chi connectivity index (χ2n) is 3.45. The van der Waals surface area contributed by atoms with E-state index in [1.165, 1.54) is 11.3 Å². The van der Waals surface area contributed by atoms with Crippen LogP contribution >= 0.6 is 22.7 Å². The highest BCUT2D eigenvalue weighted by molar-refractivity contribution is 7.17. The molecule has 0 bridgehead atoms. The number of carbonyl (C=O) groups excluding carboxylic acids is 1. The molecule has 0 aromatic carbocycles. The molecule has 0 spiro atoms. The van der Waals surface area contributed by atoms with Gasteiger partial charge in [0.05, 0.1) is 16.9 Å². The molecule has 7 heteroatoms. The minimum absolute atomic E-state index is 0.119. The van der Waals surface area contributed by atoms with Crippen molar-refractivity contribution in [2.24, 2.45) is 0 Å². The molecule has 2 aromatic heterocycles. The zero-order chi connectivity index (χ0) is 12.3. The third-order valence-corrected chi connectivity index (χ3v) is 3.79. The topological polar surface area (TPSA) is 80.9 Å². The van der Waals surface area contributed by atoms with Crippen LogP contribution in [0.3, 0.4) is 0 Å². The summed E-state index contributed by atoms with van der Waals surface area (Å²) in [5, 5.41) is 5.23. The summed E-state index contributed by atoms with van der Waals surface area (Å²) < 4.78 is 0. The molecule has 3 N–H and O–H groups in total. The van der Waals surface area contributed by atoms with Crippen molar-refractivity contribution < 1.29 is 4.79 Å². The SMILES string of the molecule is Cc1nc(N)sc1C(=O)NCCc1cscn1. The van der Waals surface area contributed by atoms with E-state index in [2.05, 4.69) is 15.3 Å². The van der Waals surface area contributed by atoms with Crippen molar-refractivity contribution >= 4 is 33.7 Å². The summed E-state index contributed by atoms with van der Waals surface area (Å²) in [6.45, 7) is 2.35. The predicted molar refractivity (Wildman–Crippen MR) is 69.4 cm³/mol. The van der Waals surface area contributed by atoms with Crippen LogP contribution in [0.2, 0.25) is 0 Å². The molecule has 0 unspecified atom stereocenters. The highest BCUT2D eigenvalue weighted by Crippen LogP contribution is 2.19. The third kappa shape index (κ3) is 3.01. The van der Waals surface area contributed by atoms with Gasteiger partial charge in [-0.25, -0.2) is 9.97 Å². The van der Waals surface area contributed by atoms with Crippen LogP contribution in [0.25, 0.3) is 0 Å². The van der Waals surface area contributed by atoms with Gasteiger partial charge in [0, 0.05) is 18.3 Å². The fourth-order valence-corrected chi connectivity index (χ4v) is 2.72. The summed E-state index contributed by atoms with van der Waals surface area (Å²) in [6.07, 6.45) is 0.739. The van der Waals surface area contributed by atoms with Crippen LogP contribution in [0.5, 0.6) is 0 Å². The Morgan fingerprint density at radius 3 is 3.00 bits per heavy atom. The normalized spacial score (nSPS) is 10.4. The van der Waals surface area contributed by atoms with Crippen molar-refractivity contribution in [1.82, 2.24) is 15.3 Å². The number of hydrogen-bond acceptors (Lipinski definition) is 6. The first kappa shape index (κ1) is 12.0. The molecule has 2 heterocycles. The molecule has 2 aromatic rings. The summed E-state index contributed by atoms with van der Waals surface area (Å²) in [4.78, 5) is 20.5. The minimum atomic E-state index is -0.119. The summed E-state index contributed by atoms with van der Waals surface area (Å²) in [6, 6.07) is 0. The number of rotatable bonds is 4. The lowest BCUT2D eigenvalue weighted by atomic mass is 10.3. The first-order chi connectivity index (χ1) is 8.16. The lowest BCUT2D eigenvalue weighted by Crippen LogP contribution is -2.25. The van der Waals surface area contributed by atoms with E-state index >= 15 is 0 Å². The molecular weight excluding hydrogens is 256 g/mol. The fraction of sp³-hybridized carbons (Fsp3) is 0.300. The van der Waals surface area contributed by atoms with Gasteiger partial charge in [-0.15, -0.1) is 11.3 Å². The number of aryl methyl sites for hydroxylation is 1. The molecule has 0 radical (unpaired) electrons. The van der Waals surface area contributed by atoms with Crippen LogP contribution < -0.4 is 11.1 Å². The Morgan fingerprint density at radius 2 is 2.41 bits per heavy atom. The van der Waals surface area contributed by atoms with Gasteiger partial charge >= 0.3 is 0 Å². The van der Waals surface area contributed by atoms with Crippen LogP contribution in [0.4, 0.5) is 5.13 Å². The van der Waals surface area contributed by atoms with Crippen molar-refractivity contribution in [1.29, 1.82) is 0 Å².